The maximum atomic E-state index is 12.7. The number of anilines is 2. The molecule has 9 nitrogen and oxygen atoms in total. The van der Waals surface area contributed by atoms with Gasteiger partial charge in [-0.2, -0.15) is 10.2 Å². The first kappa shape index (κ1) is 22.3. The molecule has 0 bridgehead atoms. The van der Waals surface area contributed by atoms with Gasteiger partial charge in [0.05, 0.1) is 11.9 Å². The Hall–Kier alpha value is -4.53. The van der Waals surface area contributed by atoms with Gasteiger partial charge in [0.15, 0.2) is 0 Å². The summed E-state index contributed by atoms with van der Waals surface area (Å²) in [6.07, 6.45) is 3.95. The van der Waals surface area contributed by atoms with Crippen molar-refractivity contribution in [3.63, 3.8) is 0 Å². The van der Waals surface area contributed by atoms with Crippen LogP contribution in [0.3, 0.4) is 0 Å². The number of aryl methyl sites for hydroxylation is 2. The Labute approximate surface area is 202 Å². The molecule has 0 aliphatic carbocycles. The number of H-pyrrole nitrogens is 1. The SMILES string of the molecule is CCn1nc(C)cc1C(=O)Nc1ccc(Cc2ccc3c(c2)C(C=Nc2ccn[nH]2)C(=O)N3)cc1. The minimum absolute atomic E-state index is 0.0971. The molecule has 176 valence electrons. The number of nitrogens with one attached hydrogen (secondary N) is 3. The molecule has 0 radical (unpaired) electrons. The number of aliphatic imine (C=N–C) groups is 1. The maximum Gasteiger partial charge on any atom is 0.273 e. The quantitative estimate of drug-likeness (QED) is 0.353. The average Bonchev–Trinajstić information content (AvgIpc) is 3.57. The van der Waals surface area contributed by atoms with E-state index in [2.05, 4.69) is 30.9 Å². The van der Waals surface area contributed by atoms with Crippen LogP contribution < -0.4 is 10.6 Å². The summed E-state index contributed by atoms with van der Waals surface area (Å²) in [7, 11) is 0. The van der Waals surface area contributed by atoms with Gasteiger partial charge in [0.2, 0.25) is 5.91 Å². The molecule has 0 saturated carbocycles. The monoisotopic (exact) mass is 467 g/mol. The summed E-state index contributed by atoms with van der Waals surface area (Å²) in [5, 5.41) is 16.8. The molecular formula is C26H25N7O2. The first-order valence-electron chi connectivity index (χ1n) is 11.4. The molecule has 2 aromatic carbocycles. The van der Waals surface area contributed by atoms with Crippen LogP contribution in [0.5, 0.6) is 0 Å². The fourth-order valence-corrected chi connectivity index (χ4v) is 4.17. The predicted octanol–water partition coefficient (Wildman–Crippen LogP) is 4.22. The zero-order valence-corrected chi connectivity index (χ0v) is 19.4. The second kappa shape index (κ2) is 9.38. The van der Waals surface area contributed by atoms with Gasteiger partial charge in [-0.15, -0.1) is 0 Å². The molecule has 3 N–H and O–H groups in total. The van der Waals surface area contributed by atoms with Crippen LogP contribution in [-0.4, -0.2) is 38.0 Å². The third kappa shape index (κ3) is 4.74. The molecule has 3 heterocycles. The number of aromatic amines is 1. The van der Waals surface area contributed by atoms with Crippen molar-refractivity contribution in [3.05, 3.63) is 88.9 Å². The van der Waals surface area contributed by atoms with Crippen LogP contribution >= 0.6 is 0 Å². The second-order valence-electron chi connectivity index (χ2n) is 8.42. The number of hydrogen-bond acceptors (Lipinski definition) is 5. The summed E-state index contributed by atoms with van der Waals surface area (Å²) >= 11 is 0. The largest absolute Gasteiger partial charge is 0.325 e. The zero-order chi connectivity index (χ0) is 24.4. The Morgan fingerprint density at radius 2 is 1.94 bits per heavy atom. The molecule has 2 aromatic heterocycles. The fourth-order valence-electron chi connectivity index (χ4n) is 4.17. The summed E-state index contributed by atoms with van der Waals surface area (Å²) in [6, 6.07) is 17.3. The molecule has 4 aromatic rings. The number of hydrogen-bond donors (Lipinski definition) is 3. The van der Waals surface area contributed by atoms with Gasteiger partial charge in [-0.25, -0.2) is 4.99 Å². The van der Waals surface area contributed by atoms with Crippen molar-refractivity contribution in [2.45, 2.75) is 32.7 Å². The average molecular weight is 468 g/mol. The third-order valence-electron chi connectivity index (χ3n) is 5.89. The number of fused-ring (bicyclic) bond motifs is 1. The van der Waals surface area contributed by atoms with E-state index in [0.29, 0.717) is 24.5 Å². The highest BCUT2D eigenvalue weighted by atomic mass is 16.2. The topological polar surface area (TPSA) is 117 Å². The Kier molecular flexibility index (Phi) is 5.97. The molecule has 35 heavy (non-hydrogen) atoms. The van der Waals surface area contributed by atoms with Crippen molar-refractivity contribution in [2.75, 3.05) is 10.6 Å². The highest BCUT2D eigenvalue weighted by Gasteiger charge is 2.29. The molecule has 2 amide bonds. The highest BCUT2D eigenvalue weighted by molar-refractivity contribution is 6.12. The van der Waals surface area contributed by atoms with Gasteiger partial charge in [0, 0.05) is 30.2 Å². The Bertz CT molecular complexity index is 1400. The number of benzene rings is 2. The van der Waals surface area contributed by atoms with Crippen LogP contribution in [0.2, 0.25) is 0 Å². The van der Waals surface area contributed by atoms with Crippen molar-refractivity contribution in [1.82, 2.24) is 20.0 Å². The Morgan fingerprint density at radius 1 is 1.14 bits per heavy atom. The lowest BCUT2D eigenvalue weighted by Gasteiger charge is -2.09. The van der Waals surface area contributed by atoms with E-state index in [1.54, 1.807) is 29.2 Å². The first-order valence-corrected chi connectivity index (χ1v) is 11.4. The second-order valence-corrected chi connectivity index (χ2v) is 8.42. The molecule has 1 unspecified atom stereocenters. The molecule has 0 fully saturated rings. The maximum absolute atomic E-state index is 12.7. The van der Waals surface area contributed by atoms with E-state index >= 15 is 0 Å². The lowest BCUT2D eigenvalue weighted by atomic mass is 9.96. The van der Waals surface area contributed by atoms with Crippen LogP contribution in [0.25, 0.3) is 0 Å². The van der Waals surface area contributed by atoms with E-state index in [4.69, 9.17) is 0 Å². The number of nitrogens with zero attached hydrogens (tertiary/aromatic N) is 4. The smallest absolute Gasteiger partial charge is 0.273 e. The van der Waals surface area contributed by atoms with Crippen LogP contribution in [0, 0.1) is 6.92 Å². The standard InChI is InChI=1S/C26H25N7O2/c1-3-33-23(12-16(2)32-33)26(35)29-19-7-4-17(5-8-19)13-18-6-9-22-20(14-18)21(25(34)30-22)15-27-24-10-11-28-31-24/h4-12,14-15,21H,3,13H2,1-2H3,(H,28,31)(H,29,35)(H,30,34). The number of carbonyl (C=O) groups excluding carboxylic acids is 2. The van der Waals surface area contributed by atoms with Crippen molar-refractivity contribution >= 4 is 35.2 Å². The van der Waals surface area contributed by atoms with Crippen molar-refractivity contribution in [2.24, 2.45) is 4.99 Å². The molecule has 5 rings (SSSR count). The molecule has 0 saturated heterocycles. The van der Waals surface area contributed by atoms with E-state index in [1.807, 2.05) is 56.3 Å². The molecule has 1 atom stereocenters. The van der Waals surface area contributed by atoms with Crippen molar-refractivity contribution in [1.29, 1.82) is 0 Å². The minimum Gasteiger partial charge on any atom is -0.325 e. The van der Waals surface area contributed by atoms with Crippen LogP contribution in [0.4, 0.5) is 17.2 Å². The Balaban J connectivity index is 1.28. The van der Waals surface area contributed by atoms with E-state index < -0.39 is 5.92 Å². The lowest BCUT2D eigenvalue weighted by molar-refractivity contribution is -0.115. The highest BCUT2D eigenvalue weighted by Crippen LogP contribution is 2.33. The normalized spacial score (nSPS) is 14.8. The van der Waals surface area contributed by atoms with Gasteiger partial charge in [-0.05, 0) is 61.2 Å². The van der Waals surface area contributed by atoms with Gasteiger partial charge >= 0.3 is 0 Å². The van der Waals surface area contributed by atoms with Gasteiger partial charge in [-0.1, -0.05) is 24.3 Å². The van der Waals surface area contributed by atoms with E-state index in [9.17, 15) is 9.59 Å². The van der Waals surface area contributed by atoms with Crippen molar-refractivity contribution in [3.8, 4) is 0 Å². The summed E-state index contributed by atoms with van der Waals surface area (Å²) in [5.41, 5.74) is 5.96. The molecule has 1 aliphatic heterocycles. The number of rotatable bonds is 7. The third-order valence-corrected chi connectivity index (χ3v) is 5.89. The van der Waals surface area contributed by atoms with Gasteiger partial charge in [0.25, 0.3) is 5.91 Å². The van der Waals surface area contributed by atoms with E-state index in [1.165, 1.54) is 0 Å². The molecule has 0 spiro atoms. The summed E-state index contributed by atoms with van der Waals surface area (Å²) in [4.78, 5) is 29.5. The van der Waals surface area contributed by atoms with Gasteiger partial charge in [0.1, 0.15) is 17.4 Å². The lowest BCUT2D eigenvalue weighted by Crippen LogP contribution is -2.17. The number of aromatic nitrogens is 4. The molecular weight excluding hydrogens is 442 g/mol. The summed E-state index contributed by atoms with van der Waals surface area (Å²) in [5.74, 6) is -0.131. The van der Waals surface area contributed by atoms with Crippen LogP contribution in [-0.2, 0) is 17.8 Å². The fraction of sp³-hybridized carbons (Fsp3) is 0.192. The number of carbonyl (C=O) groups is 2. The van der Waals surface area contributed by atoms with E-state index in [-0.39, 0.29) is 11.8 Å². The zero-order valence-electron chi connectivity index (χ0n) is 19.4. The van der Waals surface area contributed by atoms with Crippen LogP contribution in [0.1, 0.15) is 45.7 Å². The minimum atomic E-state index is -0.453. The summed E-state index contributed by atoms with van der Waals surface area (Å²) in [6.45, 7) is 4.46. The predicted molar refractivity (Wildman–Crippen MR) is 134 cm³/mol. The van der Waals surface area contributed by atoms with E-state index in [0.717, 1.165) is 33.8 Å². The summed E-state index contributed by atoms with van der Waals surface area (Å²) < 4.78 is 1.69. The van der Waals surface area contributed by atoms with Crippen LogP contribution in [0.15, 0.2) is 65.8 Å². The molecule has 9 heteroatoms. The molecule has 1 aliphatic rings. The van der Waals surface area contributed by atoms with Crippen molar-refractivity contribution < 1.29 is 9.59 Å². The van der Waals surface area contributed by atoms with Gasteiger partial charge < -0.3 is 10.6 Å². The number of amides is 2. The Morgan fingerprint density at radius 3 is 2.69 bits per heavy atom. The van der Waals surface area contributed by atoms with Gasteiger partial charge in [-0.3, -0.25) is 19.4 Å². The first-order chi connectivity index (χ1) is 17.0.